The van der Waals surface area contributed by atoms with E-state index in [1.54, 1.807) is 0 Å². The zero-order valence-electron chi connectivity index (χ0n) is 5.92. The molecule has 0 atom stereocenters. The molecule has 1 N–H and O–H groups in total. The predicted octanol–water partition coefficient (Wildman–Crippen LogP) is 1.01. The molecular formula is C6H7NO2S2. The van der Waals surface area contributed by atoms with Crippen molar-refractivity contribution in [2.24, 2.45) is 0 Å². The third-order valence-corrected chi connectivity index (χ3v) is 2.05. The van der Waals surface area contributed by atoms with Gasteiger partial charge in [0.15, 0.2) is 0 Å². The molecule has 0 aromatic rings. The minimum Gasteiger partial charge on any atom is -0.499 e. The minimum atomic E-state index is -0.0801. The summed E-state index contributed by atoms with van der Waals surface area (Å²) in [5, 5.41) is 2.64. The summed E-state index contributed by atoms with van der Waals surface area (Å²) in [6, 6.07) is 0. The Bertz CT molecular complexity index is 225. The highest BCUT2D eigenvalue weighted by Gasteiger charge is 2.22. The molecule has 0 radical (unpaired) electrons. The molecule has 1 aliphatic rings. The Morgan fingerprint density at radius 1 is 1.82 bits per heavy atom. The summed E-state index contributed by atoms with van der Waals surface area (Å²) in [6.07, 6.45) is 1.40. The Hall–Kier alpha value is -0.550. The van der Waals surface area contributed by atoms with Crippen molar-refractivity contribution >= 4 is 33.4 Å². The maximum Gasteiger partial charge on any atom is 0.245 e. The Labute approximate surface area is 74.2 Å². The van der Waals surface area contributed by atoms with Gasteiger partial charge in [-0.3, -0.25) is 4.79 Å². The van der Waals surface area contributed by atoms with Crippen LogP contribution in [0.2, 0.25) is 0 Å². The number of hydrogen-bond donors (Lipinski definition) is 1. The Balaban J connectivity index is 2.59. The van der Waals surface area contributed by atoms with Gasteiger partial charge in [-0.1, -0.05) is 12.2 Å². The molecule has 3 nitrogen and oxygen atoms in total. The molecule has 0 amide bonds. The van der Waals surface area contributed by atoms with Crippen molar-refractivity contribution < 1.29 is 9.53 Å². The highest BCUT2D eigenvalue weighted by atomic mass is 32.2. The van der Waals surface area contributed by atoms with Crippen LogP contribution in [0, 0.1) is 0 Å². The fraction of sp³-hybridized carbons (Fsp3) is 0.333. The average Bonchev–Trinajstić information content (AvgIpc) is 2.26. The van der Waals surface area contributed by atoms with Crippen LogP contribution >= 0.6 is 24.0 Å². The highest BCUT2D eigenvalue weighted by molar-refractivity contribution is 8.33. The topological polar surface area (TPSA) is 38.3 Å². The molecule has 1 fully saturated rings. The quantitative estimate of drug-likeness (QED) is 0.399. The maximum atomic E-state index is 11.0. The summed E-state index contributed by atoms with van der Waals surface area (Å²) >= 11 is 5.77. The van der Waals surface area contributed by atoms with Crippen LogP contribution in [-0.2, 0) is 9.53 Å². The number of ether oxygens (including phenoxy) is 1. The van der Waals surface area contributed by atoms with Crippen molar-refractivity contribution in [3.05, 3.63) is 12.0 Å². The lowest BCUT2D eigenvalue weighted by Crippen LogP contribution is -2.10. The van der Waals surface area contributed by atoms with E-state index in [1.165, 1.54) is 6.26 Å². The van der Waals surface area contributed by atoms with Crippen molar-refractivity contribution in [3.63, 3.8) is 0 Å². The highest BCUT2D eigenvalue weighted by Crippen LogP contribution is 2.18. The monoisotopic (exact) mass is 189 g/mol. The second kappa shape index (κ2) is 3.73. The Morgan fingerprint density at radius 2 is 2.55 bits per heavy atom. The van der Waals surface area contributed by atoms with E-state index in [2.05, 4.69) is 5.32 Å². The number of nitrogens with one attached hydrogen (secondary N) is 1. The second-order valence-electron chi connectivity index (χ2n) is 1.79. The molecule has 11 heavy (non-hydrogen) atoms. The van der Waals surface area contributed by atoms with Crippen molar-refractivity contribution in [1.82, 2.24) is 5.32 Å². The van der Waals surface area contributed by atoms with Crippen LogP contribution in [0.5, 0.6) is 0 Å². The molecule has 1 rings (SSSR count). The number of thiocarbonyl (C=S) groups is 1. The summed E-state index contributed by atoms with van der Waals surface area (Å²) in [7, 11) is 0. The lowest BCUT2D eigenvalue weighted by molar-refractivity contribution is -0.107. The summed E-state index contributed by atoms with van der Waals surface area (Å²) in [5.41, 5.74) is 0.432. The van der Waals surface area contributed by atoms with Crippen molar-refractivity contribution in [3.8, 4) is 0 Å². The van der Waals surface area contributed by atoms with Gasteiger partial charge in [0.1, 0.15) is 16.3 Å². The van der Waals surface area contributed by atoms with Crippen LogP contribution in [0.3, 0.4) is 0 Å². The van der Waals surface area contributed by atoms with Gasteiger partial charge in [-0.05, 0) is 18.7 Å². The largest absolute Gasteiger partial charge is 0.499 e. The molecule has 1 saturated heterocycles. The van der Waals surface area contributed by atoms with Gasteiger partial charge in [0, 0.05) is 0 Å². The van der Waals surface area contributed by atoms with Gasteiger partial charge in [-0.15, -0.1) is 0 Å². The molecule has 0 aromatic heterocycles. The molecule has 0 unspecified atom stereocenters. The van der Waals surface area contributed by atoms with E-state index in [0.29, 0.717) is 16.6 Å². The van der Waals surface area contributed by atoms with Crippen molar-refractivity contribution in [2.75, 3.05) is 6.61 Å². The maximum absolute atomic E-state index is 11.0. The molecule has 1 aliphatic heterocycles. The number of carbonyl (C=O) groups is 1. The van der Waals surface area contributed by atoms with Crippen LogP contribution in [0.25, 0.3) is 0 Å². The lowest BCUT2D eigenvalue weighted by atomic mass is 10.5. The zero-order chi connectivity index (χ0) is 8.27. The smallest absolute Gasteiger partial charge is 0.245 e. The SMILES string of the molecule is CCO/C=C1\NC(=S)SC1=O. The first-order chi connectivity index (χ1) is 5.24. The zero-order valence-corrected chi connectivity index (χ0v) is 7.55. The van der Waals surface area contributed by atoms with E-state index in [0.717, 1.165) is 11.8 Å². The van der Waals surface area contributed by atoms with Gasteiger partial charge in [-0.25, -0.2) is 0 Å². The summed E-state index contributed by atoms with van der Waals surface area (Å²) < 4.78 is 5.40. The molecule has 0 bridgehead atoms. The molecular weight excluding hydrogens is 182 g/mol. The summed E-state index contributed by atoms with van der Waals surface area (Å²) in [5.74, 6) is 0. The minimum absolute atomic E-state index is 0.0801. The van der Waals surface area contributed by atoms with Gasteiger partial charge in [0.2, 0.25) is 5.12 Å². The van der Waals surface area contributed by atoms with Gasteiger partial charge < -0.3 is 10.1 Å². The van der Waals surface area contributed by atoms with E-state index < -0.39 is 0 Å². The predicted molar refractivity (Wildman–Crippen MR) is 48.0 cm³/mol. The number of thioether (sulfide) groups is 1. The van der Waals surface area contributed by atoms with Crippen LogP contribution in [0.4, 0.5) is 0 Å². The molecule has 5 heteroatoms. The summed E-state index contributed by atoms with van der Waals surface area (Å²) in [6.45, 7) is 2.40. The van der Waals surface area contributed by atoms with Crippen LogP contribution in [0.1, 0.15) is 6.92 Å². The molecule has 0 aliphatic carbocycles. The van der Waals surface area contributed by atoms with E-state index >= 15 is 0 Å². The van der Waals surface area contributed by atoms with Gasteiger partial charge >= 0.3 is 0 Å². The molecule has 0 saturated carbocycles. The fourth-order valence-electron chi connectivity index (χ4n) is 0.570. The molecule has 0 aromatic carbocycles. The fourth-order valence-corrected chi connectivity index (χ4v) is 1.45. The standard InChI is InChI=1S/C6H7NO2S2/c1-2-9-3-4-5(8)11-6(10)7-4/h3H,2H2,1H3,(H,7,10)/b4-3-. The molecule has 1 heterocycles. The van der Waals surface area contributed by atoms with E-state index in [9.17, 15) is 4.79 Å². The Morgan fingerprint density at radius 3 is 3.00 bits per heavy atom. The van der Waals surface area contributed by atoms with Crippen LogP contribution in [0.15, 0.2) is 12.0 Å². The average molecular weight is 189 g/mol. The van der Waals surface area contributed by atoms with Gasteiger partial charge in [-0.2, -0.15) is 0 Å². The summed E-state index contributed by atoms with van der Waals surface area (Å²) in [4.78, 5) is 11.0. The Kier molecular flexibility index (Phi) is 2.90. The number of rotatable bonds is 2. The first-order valence-corrected chi connectivity index (χ1v) is 4.31. The first kappa shape index (κ1) is 8.55. The van der Waals surface area contributed by atoms with Crippen LogP contribution in [-0.4, -0.2) is 16.0 Å². The van der Waals surface area contributed by atoms with Gasteiger partial charge in [0.05, 0.1) is 6.61 Å². The van der Waals surface area contributed by atoms with Crippen LogP contribution < -0.4 is 5.32 Å². The van der Waals surface area contributed by atoms with E-state index in [4.69, 9.17) is 17.0 Å². The lowest BCUT2D eigenvalue weighted by Gasteiger charge is -1.95. The first-order valence-electron chi connectivity index (χ1n) is 3.09. The van der Waals surface area contributed by atoms with E-state index in [1.807, 2.05) is 6.92 Å². The number of hydrogen-bond acceptors (Lipinski definition) is 4. The molecule has 60 valence electrons. The normalized spacial score (nSPS) is 20.6. The number of carbonyl (C=O) groups excluding carboxylic acids is 1. The molecule has 0 spiro atoms. The van der Waals surface area contributed by atoms with Gasteiger partial charge in [0.25, 0.3) is 0 Å². The third-order valence-electron chi connectivity index (χ3n) is 1.01. The van der Waals surface area contributed by atoms with Crippen molar-refractivity contribution in [2.45, 2.75) is 6.92 Å². The third kappa shape index (κ3) is 2.20. The van der Waals surface area contributed by atoms with E-state index in [-0.39, 0.29) is 5.12 Å². The second-order valence-corrected chi connectivity index (χ2v) is 3.44. The van der Waals surface area contributed by atoms with Crippen molar-refractivity contribution in [1.29, 1.82) is 0 Å².